The van der Waals surface area contributed by atoms with Crippen LogP contribution in [0.5, 0.6) is 0 Å². The number of nitro benzene ring substituents is 1. The number of nitro groups is 1. The molecule has 0 aliphatic rings. The number of hydrogen-bond acceptors (Lipinski definition) is 4. The van der Waals surface area contributed by atoms with E-state index in [0.29, 0.717) is 18.5 Å². The van der Waals surface area contributed by atoms with Crippen LogP contribution in [0.25, 0.3) is 0 Å². The Morgan fingerprint density at radius 3 is 2.52 bits per heavy atom. The van der Waals surface area contributed by atoms with Gasteiger partial charge in [-0.25, -0.2) is 0 Å². The molecule has 0 spiro atoms. The third kappa shape index (κ3) is 5.38. The monoisotopic (exact) mass is 345 g/mol. The lowest BCUT2D eigenvalue weighted by Crippen LogP contribution is -2.25. The van der Waals surface area contributed by atoms with E-state index >= 15 is 0 Å². The summed E-state index contributed by atoms with van der Waals surface area (Å²) in [6.45, 7) is 0.310. The third-order valence-electron chi connectivity index (χ3n) is 3.33. The Balaban J connectivity index is 1.77. The molecular weight excluding hydrogens is 329 g/mol. The molecule has 0 fully saturated rings. The van der Waals surface area contributed by atoms with E-state index in [-0.39, 0.29) is 23.9 Å². The highest BCUT2D eigenvalue weighted by Crippen LogP contribution is 2.21. The van der Waals surface area contributed by atoms with Gasteiger partial charge in [0.05, 0.1) is 4.92 Å². The van der Waals surface area contributed by atoms with Gasteiger partial charge in [-0.2, -0.15) is 4.39 Å². The van der Waals surface area contributed by atoms with Gasteiger partial charge in [0.1, 0.15) is 0 Å². The first kappa shape index (κ1) is 18.1. The molecule has 2 aromatic carbocycles. The number of carbonyl (C=O) groups is 2. The van der Waals surface area contributed by atoms with Crippen molar-refractivity contribution in [3.8, 4) is 0 Å². The Morgan fingerprint density at radius 1 is 1.12 bits per heavy atom. The average Bonchev–Trinajstić information content (AvgIpc) is 2.60. The minimum absolute atomic E-state index is 0.111. The number of anilines is 1. The largest absolute Gasteiger partial charge is 0.352 e. The molecule has 2 amide bonds. The van der Waals surface area contributed by atoms with E-state index in [1.54, 1.807) is 30.3 Å². The summed E-state index contributed by atoms with van der Waals surface area (Å²) in [4.78, 5) is 33.4. The van der Waals surface area contributed by atoms with Crippen LogP contribution < -0.4 is 10.6 Å². The third-order valence-corrected chi connectivity index (χ3v) is 3.33. The minimum atomic E-state index is -0.966. The first-order valence-corrected chi connectivity index (χ1v) is 7.54. The van der Waals surface area contributed by atoms with E-state index in [2.05, 4.69) is 10.6 Å². The predicted octanol–water partition coefficient (Wildman–Crippen LogP) is 2.88. The van der Waals surface area contributed by atoms with Crippen LogP contribution in [-0.4, -0.2) is 23.3 Å². The normalized spacial score (nSPS) is 10.1. The van der Waals surface area contributed by atoms with Gasteiger partial charge in [0.25, 0.3) is 5.91 Å². The first-order valence-electron chi connectivity index (χ1n) is 7.54. The van der Waals surface area contributed by atoms with Crippen LogP contribution in [-0.2, 0) is 4.79 Å². The van der Waals surface area contributed by atoms with Crippen molar-refractivity contribution in [2.75, 3.05) is 11.9 Å². The average molecular weight is 345 g/mol. The highest BCUT2D eigenvalue weighted by atomic mass is 19.1. The smallest absolute Gasteiger partial charge is 0.306 e. The second kappa shape index (κ2) is 8.53. The maximum absolute atomic E-state index is 13.2. The molecule has 25 heavy (non-hydrogen) atoms. The Morgan fingerprint density at radius 2 is 1.84 bits per heavy atom. The Bertz CT molecular complexity index is 781. The quantitative estimate of drug-likeness (QED) is 0.458. The van der Waals surface area contributed by atoms with Crippen molar-refractivity contribution >= 4 is 23.2 Å². The molecule has 0 aliphatic heterocycles. The van der Waals surface area contributed by atoms with Crippen LogP contribution in [0.1, 0.15) is 23.2 Å². The van der Waals surface area contributed by atoms with Crippen LogP contribution in [0.15, 0.2) is 48.5 Å². The number of halogens is 1. The van der Waals surface area contributed by atoms with Gasteiger partial charge in [-0.05, 0) is 30.7 Å². The SMILES string of the molecule is O=C(CCCNC(=O)c1ccccc1)Nc1ccc(F)c([N+](=O)[O-])c1. The van der Waals surface area contributed by atoms with Crippen molar-refractivity contribution in [3.05, 3.63) is 70.0 Å². The lowest BCUT2D eigenvalue weighted by Gasteiger charge is -2.07. The fraction of sp³-hybridized carbons (Fsp3) is 0.176. The van der Waals surface area contributed by atoms with Crippen molar-refractivity contribution in [2.45, 2.75) is 12.8 Å². The van der Waals surface area contributed by atoms with Gasteiger partial charge in [-0.3, -0.25) is 19.7 Å². The molecule has 2 aromatic rings. The highest BCUT2D eigenvalue weighted by molar-refractivity contribution is 5.94. The summed E-state index contributed by atoms with van der Waals surface area (Å²) < 4.78 is 13.2. The number of nitrogens with zero attached hydrogens (tertiary/aromatic N) is 1. The zero-order valence-corrected chi connectivity index (χ0v) is 13.2. The van der Waals surface area contributed by atoms with Crippen LogP contribution >= 0.6 is 0 Å². The van der Waals surface area contributed by atoms with Crippen molar-refractivity contribution in [1.29, 1.82) is 0 Å². The van der Waals surface area contributed by atoms with Gasteiger partial charge in [0, 0.05) is 30.3 Å². The van der Waals surface area contributed by atoms with E-state index in [9.17, 15) is 24.1 Å². The molecule has 0 unspecified atom stereocenters. The predicted molar refractivity (Wildman–Crippen MR) is 89.7 cm³/mol. The number of benzene rings is 2. The highest BCUT2D eigenvalue weighted by Gasteiger charge is 2.15. The molecular formula is C17H16FN3O4. The second-order valence-corrected chi connectivity index (χ2v) is 5.20. The zero-order valence-electron chi connectivity index (χ0n) is 13.2. The maximum atomic E-state index is 13.2. The molecule has 0 atom stereocenters. The molecule has 8 heteroatoms. The van der Waals surface area contributed by atoms with Gasteiger partial charge in [-0.1, -0.05) is 18.2 Å². The van der Waals surface area contributed by atoms with E-state index < -0.39 is 16.4 Å². The van der Waals surface area contributed by atoms with E-state index in [1.807, 2.05) is 0 Å². The number of rotatable bonds is 7. The minimum Gasteiger partial charge on any atom is -0.352 e. The van der Waals surface area contributed by atoms with Crippen LogP contribution in [0.3, 0.4) is 0 Å². The lowest BCUT2D eigenvalue weighted by molar-refractivity contribution is -0.387. The number of hydrogen-bond donors (Lipinski definition) is 2. The maximum Gasteiger partial charge on any atom is 0.306 e. The Hall–Kier alpha value is -3.29. The lowest BCUT2D eigenvalue weighted by atomic mass is 10.2. The van der Waals surface area contributed by atoms with Gasteiger partial charge >= 0.3 is 5.69 Å². The summed E-state index contributed by atoms with van der Waals surface area (Å²) in [5, 5.41) is 15.8. The van der Waals surface area contributed by atoms with Crippen molar-refractivity contribution in [1.82, 2.24) is 5.32 Å². The van der Waals surface area contributed by atoms with Gasteiger partial charge in [0.2, 0.25) is 11.7 Å². The van der Waals surface area contributed by atoms with Crippen molar-refractivity contribution in [2.24, 2.45) is 0 Å². The van der Waals surface area contributed by atoms with Crippen LogP contribution in [0.4, 0.5) is 15.8 Å². The Labute approximate surface area is 143 Å². The van der Waals surface area contributed by atoms with Crippen molar-refractivity contribution < 1.29 is 18.9 Å². The summed E-state index contributed by atoms with van der Waals surface area (Å²) in [6.07, 6.45) is 0.508. The van der Waals surface area contributed by atoms with Gasteiger partial charge in [0.15, 0.2) is 0 Å². The fourth-order valence-corrected chi connectivity index (χ4v) is 2.10. The van der Waals surface area contributed by atoms with Crippen LogP contribution in [0.2, 0.25) is 0 Å². The molecule has 0 aliphatic carbocycles. The molecule has 0 saturated carbocycles. The van der Waals surface area contributed by atoms with Crippen LogP contribution in [0, 0.1) is 15.9 Å². The summed E-state index contributed by atoms with van der Waals surface area (Å²) in [6, 6.07) is 11.8. The summed E-state index contributed by atoms with van der Waals surface area (Å²) in [7, 11) is 0. The topological polar surface area (TPSA) is 101 Å². The second-order valence-electron chi connectivity index (χ2n) is 5.20. The van der Waals surface area contributed by atoms with Gasteiger partial charge in [-0.15, -0.1) is 0 Å². The molecule has 0 saturated heterocycles. The molecule has 2 rings (SSSR count). The fourth-order valence-electron chi connectivity index (χ4n) is 2.10. The molecule has 7 nitrogen and oxygen atoms in total. The summed E-state index contributed by atoms with van der Waals surface area (Å²) >= 11 is 0. The molecule has 0 radical (unpaired) electrons. The van der Waals surface area contributed by atoms with Gasteiger partial charge < -0.3 is 10.6 Å². The Kier molecular flexibility index (Phi) is 6.16. The molecule has 130 valence electrons. The number of nitrogens with one attached hydrogen (secondary N) is 2. The molecule has 0 bridgehead atoms. The summed E-state index contributed by atoms with van der Waals surface area (Å²) in [5.41, 5.74) is -0.0232. The number of carbonyl (C=O) groups excluding carboxylic acids is 2. The molecule has 0 heterocycles. The standard InChI is InChI=1S/C17H16FN3O4/c18-14-9-8-13(11-15(14)21(24)25)20-16(22)7-4-10-19-17(23)12-5-2-1-3-6-12/h1-3,5-6,8-9,11H,4,7,10H2,(H,19,23)(H,20,22). The van der Waals surface area contributed by atoms with E-state index in [1.165, 1.54) is 6.07 Å². The molecule has 0 aromatic heterocycles. The van der Waals surface area contributed by atoms with E-state index in [4.69, 9.17) is 0 Å². The first-order chi connectivity index (χ1) is 12.0. The molecule has 2 N–H and O–H groups in total. The van der Waals surface area contributed by atoms with Crippen molar-refractivity contribution in [3.63, 3.8) is 0 Å². The number of amides is 2. The zero-order chi connectivity index (χ0) is 18.2. The summed E-state index contributed by atoms with van der Waals surface area (Å²) in [5.74, 6) is -1.57. The van der Waals surface area contributed by atoms with E-state index in [0.717, 1.165) is 12.1 Å².